The van der Waals surface area contributed by atoms with Crippen LogP contribution in [0.1, 0.15) is 24.0 Å². The third-order valence-electron chi connectivity index (χ3n) is 7.50. The van der Waals surface area contributed by atoms with Crippen LogP contribution < -0.4 is 0 Å². The molecule has 3 aromatic rings. The van der Waals surface area contributed by atoms with E-state index in [2.05, 4.69) is 82.6 Å². The Morgan fingerprint density at radius 2 is 1.66 bits per heavy atom. The summed E-state index contributed by atoms with van der Waals surface area (Å²) in [6.45, 7) is 4.98. The number of fused-ring (bicyclic) bond motifs is 2. The first-order valence-corrected chi connectivity index (χ1v) is 12.6. The molecule has 0 radical (unpaired) electrons. The molecule has 0 aliphatic carbocycles. The van der Waals surface area contributed by atoms with Gasteiger partial charge >= 0.3 is 0 Å². The van der Waals surface area contributed by atoms with Gasteiger partial charge in [-0.3, -0.25) is 9.89 Å². The molecule has 1 spiro atoms. The van der Waals surface area contributed by atoms with Crippen molar-refractivity contribution in [3.05, 3.63) is 83.9 Å². The molecule has 4 nitrogen and oxygen atoms in total. The van der Waals surface area contributed by atoms with Gasteiger partial charge in [-0.25, -0.2) is 0 Å². The van der Waals surface area contributed by atoms with Gasteiger partial charge in [-0.1, -0.05) is 78.5 Å². The maximum absolute atomic E-state index is 11.9. The molecule has 3 aliphatic rings. The van der Waals surface area contributed by atoms with Crippen LogP contribution in [0, 0.1) is 5.41 Å². The molecule has 3 heterocycles. The fraction of sp³-hybridized carbons (Fsp3) is 0.370. The monoisotopic (exact) mass is 443 g/mol. The van der Waals surface area contributed by atoms with Crippen molar-refractivity contribution in [2.75, 3.05) is 31.9 Å². The van der Waals surface area contributed by atoms with E-state index in [1.165, 1.54) is 16.3 Å². The van der Waals surface area contributed by atoms with E-state index in [0.717, 1.165) is 56.3 Å². The summed E-state index contributed by atoms with van der Waals surface area (Å²) in [5.74, 6) is 0.639. The molecule has 1 atom stereocenters. The number of likely N-dealkylation sites (tertiary alicyclic amines) is 1. The highest BCUT2D eigenvalue weighted by Crippen LogP contribution is 2.46. The standard InChI is InChI=1S/C27H29N3OS/c31-27(24-11-10-22-8-4-5-9-23(22)16-24)20-32-25-28-18-26(19-30(25)27)12-14-29(15-13-26)17-21-6-2-1-3-7-21/h1-11,16,31H,12-15,17-20H2. The van der Waals surface area contributed by atoms with Crippen molar-refractivity contribution in [1.82, 2.24) is 9.80 Å². The van der Waals surface area contributed by atoms with Crippen LogP contribution in [0.4, 0.5) is 0 Å². The van der Waals surface area contributed by atoms with Crippen molar-refractivity contribution >= 4 is 27.7 Å². The molecule has 3 aromatic carbocycles. The molecule has 6 rings (SSSR count). The van der Waals surface area contributed by atoms with Gasteiger partial charge in [0.2, 0.25) is 0 Å². The number of hydrogen-bond donors (Lipinski definition) is 1. The minimum absolute atomic E-state index is 0.159. The second kappa shape index (κ2) is 7.91. The number of aliphatic hydroxyl groups is 1. The molecule has 5 heteroatoms. The van der Waals surface area contributed by atoms with E-state index in [1.54, 1.807) is 11.8 Å². The first kappa shape index (κ1) is 20.3. The molecule has 1 N–H and O–H groups in total. The second-order valence-corrected chi connectivity index (χ2v) is 10.6. The van der Waals surface area contributed by atoms with Crippen molar-refractivity contribution in [2.45, 2.75) is 25.1 Å². The van der Waals surface area contributed by atoms with Gasteiger partial charge in [-0.05, 0) is 48.3 Å². The Bertz CT molecular complexity index is 1160. The zero-order chi connectivity index (χ0) is 21.6. The molecular formula is C27H29N3OS. The Kier molecular flexibility index (Phi) is 5.01. The fourth-order valence-electron chi connectivity index (χ4n) is 5.45. The third kappa shape index (κ3) is 3.53. The first-order valence-electron chi connectivity index (χ1n) is 11.6. The lowest BCUT2D eigenvalue weighted by Gasteiger charge is -2.48. The molecule has 0 amide bonds. The smallest absolute Gasteiger partial charge is 0.175 e. The average Bonchev–Trinajstić information content (AvgIpc) is 3.18. The van der Waals surface area contributed by atoms with Gasteiger partial charge in [0.25, 0.3) is 0 Å². The van der Waals surface area contributed by atoms with Crippen LogP contribution in [0.3, 0.4) is 0 Å². The average molecular weight is 444 g/mol. The van der Waals surface area contributed by atoms with Crippen molar-refractivity contribution in [2.24, 2.45) is 10.4 Å². The molecule has 2 saturated heterocycles. The van der Waals surface area contributed by atoms with Gasteiger partial charge in [0.05, 0.1) is 5.75 Å². The minimum atomic E-state index is -0.984. The van der Waals surface area contributed by atoms with E-state index >= 15 is 0 Å². The molecule has 164 valence electrons. The summed E-state index contributed by atoms with van der Waals surface area (Å²) in [5, 5.41) is 15.3. The van der Waals surface area contributed by atoms with Crippen LogP contribution >= 0.6 is 11.8 Å². The summed E-state index contributed by atoms with van der Waals surface area (Å²) in [6, 6.07) is 25.5. The molecule has 0 saturated carbocycles. The van der Waals surface area contributed by atoms with E-state index < -0.39 is 5.72 Å². The number of piperidine rings is 1. The molecule has 0 bridgehead atoms. The predicted molar refractivity (Wildman–Crippen MR) is 133 cm³/mol. The number of thioether (sulfide) groups is 1. The van der Waals surface area contributed by atoms with Gasteiger partial charge in [0, 0.05) is 30.6 Å². The van der Waals surface area contributed by atoms with Crippen LogP contribution in [-0.2, 0) is 12.3 Å². The Morgan fingerprint density at radius 1 is 0.906 bits per heavy atom. The predicted octanol–water partition coefficient (Wildman–Crippen LogP) is 4.69. The van der Waals surface area contributed by atoms with Crippen LogP contribution in [-0.4, -0.2) is 52.0 Å². The normalized spacial score (nSPS) is 25.2. The fourth-order valence-corrected chi connectivity index (χ4v) is 6.63. The summed E-state index contributed by atoms with van der Waals surface area (Å²) in [7, 11) is 0. The highest BCUT2D eigenvalue weighted by Gasteiger charge is 2.51. The van der Waals surface area contributed by atoms with Crippen LogP contribution in [0.2, 0.25) is 0 Å². The van der Waals surface area contributed by atoms with Crippen molar-refractivity contribution in [3.63, 3.8) is 0 Å². The van der Waals surface area contributed by atoms with E-state index in [-0.39, 0.29) is 5.41 Å². The molecular weight excluding hydrogens is 414 g/mol. The summed E-state index contributed by atoms with van der Waals surface area (Å²) in [5.41, 5.74) is 1.54. The minimum Gasteiger partial charge on any atom is -0.366 e. The number of nitrogens with zero attached hydrogens (tertiary/aromatic N) is 3. The summed E-state index contributed by atoms with van der Waals surface area (Å²) in [6.07, 6.45) is 2.26. The lowest BCUT2D eigenvalue weighted by molar-refractivity contribution is -0.0754. The van der Waals surface area contributed by atoms with Gasteiger partial charge in [0.15, 0.2) is 10.9 Å². The molecule has 32 heavy (non-hydrogen) atoms. The molecule has 3 aliphatic heterocycles. The Hall–Kier alpha value is -2.34. The van der Waals surface area contributed by atoms with Crippen LogP contribution in [0.15, 0.2) is 77.8 Å². The van der Waals surface area contributed by atoms with E-state index in [0.29, 0.717) is 5.75 Å². The molecule has 2 fully saturated rings. The van der Waals surface area contributed by atoms with Gasteiger partial charge in [-0.2, -0.15) is 0 Å². The maximum Gasteiger partial charge on any atom is 0.175 e. The molecule has 0 aromatic heterocycles. The quantitative estimate of drug-likeness (QED) is 0.638. The van der Waals surface area contributed by atoms with E-state index in [9.17, 15) is 5.11 Å². The topological polar surface area (TPSA) is 39.1 Å². The number of hydrogen-bond acceptors (Lipinski definition) is 5. The van der Waals surface area contributed by atoms with Gasteiger partial charge in [0.1, 0.15) is 0 Å². The number of aliphatic imine (C=N–C) groups is 1. The lowest BCUT2D eigenvalue weighted by Crippen LogP contribution is -2.56. The van der Waals surface area contributed by atoms with E-state index in [1.807, 2.05) is 0 Å². The van der Waals surface area contributed by atoms with Crippen LogP contribution in [0.5, 0.6) is 0 Å². The SMILES string of the molecule is OC1(c2ccc3ccccc3c2)CSC2=NCC3(CCN(Cc4ccccc4)CC3)CN21. The highest BCUT2D eigenvalue weighted by molar-refractivity contribution is 8.14. The first-order chi connectivity index (χ1) is 15.6. The zero-order valence-corrected chi connectivity index (χ0v) is 19.1. The number of amidine groups is 1. The Morgan fingerprint density at radius 3 is 2.47 bits per heavy atom. The Labute approximate surface area is 193 Å². The zero-order valence-electron chi connectivity index (χ0n) is 18.3. The number of rotatable bonds is 3. The van der Waals surface area contributed by atoms with Gasteiger partial charge < -0.3 is 10.0 Å². The number of benzene rings is 3. The van der Waals surface area contributed by atoms with E-state index in [4.69, 9.17) is 4.99 Å². The van der Waals surface area contributed by atoms with Crippen molar-refractivity contribution < 1.29 is 5.11 Å². The van der Waals surface area contributed by atoms with Gasteiger partial charge in [-0.15, -0.1) is 0 Å². The van der Waals surface area contributed by atoms with Crippen LogP contribution in [0.25, 0.3) is 10.8 Å². The maximum atomic E-state index is 11.9. The summed E-state index contributed by atoms with van der Waals surface area (Å²) in [4.78, 5) is 9.76. The largest absolute Gasteiger partial charge is 0.366 e. The Balaban J connectivity index is 1.21. The molecule has 1 unspecified atom stereocenters. The van der Waals surface area contributed by atoms with Crippen molar-refractivity contribution in [1.29, 1.82) is 0 Å². The second-order valence-electron chi connectivity index (χ2n) is 9.61. The lowest BCUT2D eigenvalue weighted by atomic mass is 9.76. The highest BCUT2D eigenvalue weighted by atomic mass is 32.2. The summed E-state index contributed by atoms with van der Waals surface area (Å²) >= 11 is 1.70. The van der Waals surface area contributed by atoms with Crippen molar-refractivity contribution in [3.8, 4) is 0 Å². The summed E-state index contributed by atoms with van der Waals surface area (Å²) < 4.78 is 0. The third-order valence-corrected chi connectivity index (χ3v) is 8.66.